The quantitative estimate of drug-likeness (QED) is 0.876. The molecule has 1 rings (SSSR count). The van der Waals surface area contributed by atoms with Crippen LogP contribution < -0.4 is 5.32 Å². The maximum atomic E-state index is 11.6. The van der Waals surface area contributed by atoms with E-state index in [0.29, 0.717) is 6.54 Å². The smallest absolute Gasteiger partial charge is 0.251 e. The fourth-order valence-electron chi connectivity index (χ4n) is 2.19. The summed E-state index contributed by atoms with van der Waals surface area (Å²) in [5.74, 6) is -0.327. The third-order valence-electron chi connectivity index (χ3n) is 3.74. The number of aryl methyl sites for hydroxylation is 2. The summed E-state index contributed by atoms with van der Waals surface area (Å²) in [6, 6.07) is 2.20. The monoisotopic (exact) mass is 263 g/mol. The van der Waals surface area contributed by atoms with Crippen molar-refractivity contribution in [3.63, 3.8) is 0 Å². The van der Waals surface area contributed by atoms with E-state index in [-0.39, 0.29) is 5.91 Å². The van der Waals surface area contributed by atoms with E-state index in [4.69, 9.17) is 0 Å². The molecule has 0 aliphatic carbocycles. The number of nitrogens with one attached hydrogen (secondary N) is 1. The van der Waals surface area contributed by atoms with Gasteiger partial charge in [-0.05, 0) is 75.8 Å². The minimum atomic E-state index is -1.31. The van der Waals surface area contributed by atoms with Crippen LogP contribution in [0.5, 0.6) is 0 Å². The van der Waals surface area contributed by atoms with Crippen molar-refractivity contribution >= 4 is 5.91 Å². The third kappa shape index (κ3) is 3.80. The number of hydrogen-bond acceptors (Lipinski definition) is 2. The normalized spacial score (nSPS) is 11.5. The zero-order valence-electron chi connectivity index (χ0n) is 12.8. The van der Waals surface area contributed by atoms with Crippen molar-refractivity contribution in [2.45, 2.75) is 53.6 Å². The van der Waals surface area contributed by atoms with Gasteiger partial charge in [0.15, 0.2) is 0 Å². The average molecular weight is 263 g/mol. The van der Waals surface area contributed by atoms with Gasteiger partial charge in [0.2, 0.25) is 0 Å². The average Bonchev–Trinajstić information content (AvgIpc) is 2.29. The van der Waals surface area contributed by atoms with Gasteiger partial charge in [-0.1, -0.05) is 6.07 Å². The first-order valence-electron chi connectivity index (χ1n) is 6.71. The van der Waals surface area contributed by atoms with E-state index in [1.165, 1.54) is 41.7 Å². The molecule has 0 saturated carbocycles. The number of amides is 1. The molecule has 0 aromatic heterocycles. The highest BCUT2D eigenvalue weighted by Gasteiger charge is 2.23. The lowest BCUT2D eigenvalue weighted by Crippen LogP contribution is -2.42. The van der Waals surface area contributed by atoms with Crippen LogP contribution >= 0.6 is 0 Å². The van der Waals surface area contributed by atoms with Gasteiger partial charge in [0, 0.05) is 6.54 Å². The molecule has 106 valence electrons. The number of carbonyl (C=O) groups excluding carboxylic acids is 1. The molecule has 0 saturated heterocycles. The van der Waals surface area contributed by atoms with Crippen LogP contribution in [0.15, 0.2) is 6.07 Å². The summed E-state index contributed by atoms with van der Waals surface area (Å²) < 4.78 is 0. The Labute approximate surface area is 116 Å². The van der Waals surface area contributed by atoms with E-state index in [1.54, 1.807) is 0 Å². The van der Waals surface area contributed by atoms with E-state index in [2.05, 4.69) is 39.1 Å². The van der Waals surface area contributed by atoms with Gasteiger partial charge in [-0.15, -0.1) is 0 Å². The number of carbonyl (C=O) groups is 1. The Morgan fingerprint density at radius 3 is 2.05 bits per heavy atom. The van der Waals surface area contributed by atoms with Gasteiger partial charge in [0.05, 0.1) is 0 Å². The van der Waals surface area contributed by atoms with Crippen molar-refractivity contribution < 1.29 is 9.90 Å². The van der Waals surface area contributed by atoms with Crippen LogP contribution in [0.4, 0.5) is 0 Å². The molecular formula is C16H25NO2. The molecule has 0 unspecified atom stereocenters. The first-order chi connectivity index (χ1) is 8.64. The van der Waals surface area contributed by atoms with Gasteiger partial charge in [0.1, 0.15) is 5.60 Å². The Morgan fingerprint density at radius 1 is 1.16 bits per heavy atom. The second-order valence-corrected chi connectivity index (χ2v) is 5.80. The molecule has 0 spiro atoms. The van der Waals surface area contributed by atoms with Crippen molar-refractivity contribution in [1.29, 1.82) is 0 Å². The van der Waals surface area contributed by atoms with Crippen molar-refractivity contribution in [3.05, 3.63) is 33.9 Å². The molecule has 2 N–H and O–H groups in total. The van der Waals surface area contributed by atoms with E-state index in [9.17, 15) is 9.90 Å². The Balaban J connectivity index is 2.77. The van der Waals surface area contributed by atoms with Crippen LogP contribution in [0.3, 0.4) is 0 Å². The standard InChI is InChI=1S/C16H25NO2/c1-10-9-11(2)13(4)14(12(10)3)7-8-17-15(18)16(5,6)19/h9,19H,7-8H2,1-6H3,(H,17,18). The Hall–Kier alpha value is -1.35. The van der Waals surface area contributed by atoms with Crippen molar-refractivity contribution in [3.8, 4) is 0 Å². The Morgan fingerprint density at radius 2 is 1.63 bits per heavy atom. The molecule has 19 heavy (non-hydrogen) atoms. The molecule has 0 radical (unpaired) electrons. The van der Waals surface area contributed by atoms with Gasteiger partial charge < -0.3 is 10.4 Å². The zero-order valence-corrected chi connectivity index (χ0v) is 12.8. The molecule has 0 atom stereocenters. The SMILES string of the molecule is Cc1cc(C)c(C)c(CCNC(=O)C(C)(C)O)c1C. The van der Waals surface area contributed by atoms with Crippen LogP contribution in [0.2, 0.25) is 0 Å². The minimum Gasteiger partial charge on any atom is -0.381 e. The highest BCUT2D eigenvalue weighted by Crippen LogP contribution is 2.21. The van der Waals surface area contributed by atoms with Crippen molar-refractivity contribution in [2.75, 3.05) is 6.54 Å². The van der Waals surface area contributed by atoms with Gasteiger partial charge in [-0.25, -0.2) is 0 Å². The van der Waals surface area contributed by atoms with Gasteiger partial charge in [0.25, 0.3) is 5.91 Å². The summed E-state index contributed by atoms with van der Waals surface area (Å²) in [6.45, 7) is 12.0. The van der Waals surface area contributed by atoms with Crippen LogP contribution in [-0.2, 0) is 11.2 Å². The van der Waals surface area contributed by atoms with E-state index >= 15 is 0 Å². The van der Waals surface area contributed by atoms with Crippen molar-refractivity contribution in [2.24, 2.45) is 0 Å². The molecule has 1 amide bonds. The zero-order chi connectivity index (χ0) is 14.8. The fraction of sp³-hybridized carbons (Fsp3) is 0.562. The van der Waals surface area contributed by atoms with Gasteiger partial charge in [-0.3, -0.25) is 4.79 Å². The predicted octanol–water partition coefficient (Wildman–Crippen LogP) is 2.35. The summed E-state index contributed by atoms with van der Waals surface area (Å²) in [4.78, 5) is 11.6. The third-order valence-corrected chi connectivity index (χ3v) is 3.74. The fourth-order valence-corrected chi connectivity index (χ4v) is 2.19. The Bertz CT molecular complexity index is 458. The summed E-state index contributed by atoms with van der Waals surface area (Å²) in [7, 11) is 0. The summed E-state index contributed by atoms with van der Waals surface area (Å²) in [6.07, 6.45) is 0.794. The summed E-state index contributed by atoms with van der Waals surface area (Å²) in [5, 5.41) is 12.3. The molecule has 0 fully saturated rings. The molecule has 3 nitrogen and oxygen atoms in total. The van der Waals surface area contributed by atoms with E-state index < -0.39 is 5.60 Å². The van der Waals surface area contributed by atoms with Crippen molar-refractivity contribution in [1.82, 2.24) is 5.32 Å². The molecule has 0 heterocycles. The Kier molecular flexibility index (Phi) is 4.75. The maximum absolute atomic E-state index is 11.6. The van der Waals surface area contributed by atoms with Crippen LogP contribution in [-0.4, -0.2) is 23.2 Å². The van der Waals surface area contributed by atoms with E-state index in [1.807, 2.05) is 0 Å². The lowest BCUT2D eigenvalue weighted by Gasteiger charge is -2.18. The van der Waals surface area contributed by atoms with E-state index in [0.717, 1.165) is 6.42 Å². The predicted molar refractivity (Wildman–Crippen MR) is 78.4 cm³/mol. The topological polar surface area (TPSA) is 49.3 Å². The van der Waals surface area contributed by atoms with Gasteiger partial charge >= 0.3 is 0 Å². The molecule has 0 bridgehead atoms. The summed E-state index contributed by atoms with van der Waals surface area (Å²) >= 11 is 0. The number of hydrogen-bond donors (Lipinski definition) is 2. The minimum absolute atomic E-state index is 0.327. The highest BCUT2D eigenvalue weighted by atomic mass is 16.3. The first-order valence-corrected chi connectivity index (χ1v) is 6.71. The molecule has 1 aromatic carbocycles. The maximum Gasteiger partial charge on any atom is 0.251 e. The number of aliphatic hydroxyl groups is 1. The number of rotatable bonds is 4. The first kappa shape index (κ1) is 15.7. The molecule has 0 aliphatic heterocycles. The largest absolute Gasteiger partial charge is 0.381 e. The lowest BCUT2D eigenvalue weighted by atomic mass is 9.92. The second kappa shape index (κ2) is 5.74. The molecule has 1 aromatic rings. The summed E-state index contributed by atoms with van der Waals surface area (Å²) in [5.41, 5.74) is 5.14. The number of benzene rings is 1. The van der Waals surface area contributed by atoms with Crippen LogP contribution in [0.1, 0.15) is 41.7 Å². The lowest BCUT2D eigenvalue weighted by molar-refractivity contribution is -0.136. The molecular weight excluding hydrogens is 238 g/mol. The second-order valence-electron chi connectivity index (χ2n) is 5.80. The molecule has 3 heteroatoms. The highest BCUT2D eigenvalue weighted by molar-refractivity contribution is 5.83. The van der Waals surface area contributed by atoms with Crippen LogP contribution in [0, 0.1) is 27.7 Å². The molecule has 0 aliphatic rings. The van der Waals surface area contributed by atoms with Crippen LogP contribution in [0.25, 0.3) is 0 Å². The van der Waals surface area contributed by atoms with Gasteiger partial charge in [-0.2, -0.15) is 0 Å².